The van der Waals surface area contributed by atoms with Gasteiger partial charge < -0.3 is 11.5 Å². The first-order chi connectivity index (χ1) is 6.02. The van der Waals surface area contributed by atoms with Crippen molar-refractivity contribution in [2.24, 2.45) is 11.5 Å². The largest absolute Gasteiger partial charge is 0.368 e. The molecule has 72 valence electrons. The number of hydrogen-bond acceptors (Lipinski definition) is 3. The molecule has 0 radical (unpaired) electrons. The fraction of sp³-hybridized carbons (Fsp3) is 0.500. The predicted molar refractivity (Wildman–Crippen MR) is 48.8 cm³/mol. The summed E-state index contributed by atoms with van der Waals surface area (Å²) in [5, 5.41) is 4.05. The average Bonchev–Trinajstić information content (AvgIpc) is 2.49. The van der Waals surface area contributed by atoms with Crippen LogP contribution in [0.4, 0.5) is 0 Å². The highest BCUT2D eigenvalue weighted by atomic mass is 16.1. The van der Waals surface area contributed by atoms with Crippen LogP contribution in [0.25, 0.3) is 0 Å². The van der Waals surface area contributed by atoms with E-state index in [2.05, 4.69) is 5.10 Å². The third-order valence-electron chi connectivity index (χ3n) is 2.00. The molecule has 1 heterocycles. The minimum atomic E-state index is -0.695. The maximum Gasteiger partial charge on any atom is 0.236 e. The molecule has 0 saturated carbocycles. The Kier molecular flexibility index (Phi) is 2.67. The Morgan fingerprint density at radius 3 is 2.69 bits per heavy atom. The van der Waals surface area contributed by atoms with Crippen LogP contribution >= 0.6 is 0 Å². The Labute approximate surface area is 76.7 Å². The molecular weight excluding hydrogens is 168 g/mol. The monoisotopic (exact) mass is 182 g/mol. The third-order valence-corrected chi connectivity index (χ3v) is 2.00. The number of hydrogen-bond donors (Lipinski definition) is 2. The zero-order valence-corrected chi connectivity index (χ0v) is 7.77. The van der Waals surface area contributed by atoms with Gasteiger partial charge in [0.2, 0.25) is 5.91 Å². The average molecular weight is 182 g/mol. The van der Waals surface area contributed by atoms with Crippen molar-refractivity contribution < 1.29 is 4.79 Å². The molecule has 5 nitrogen and oxygen atoms in total. The summed E-state index contributed by atoms with van der Waals surface area (Å²) in [6, 6.07) is -0.898. The van der Waals surface area contributed by atoms with Gasteiger partial charge in [-0.05, 0) is 19.4 Å². The van der Waals surface area contributed by atoms with Crippen LogP contribution in [-0.4, -0.2) is 21.7 Å². The van der Waals surface area contributed by atoms with Crippen molar-refractivity contribution in [3.05, 3.63) is 18.0 Å². The number of nitrogens with zero attached hydrogens (tertiary/aromatic N) is 2. The van der Waals surface area contributed by atoms with Gasteiger partial charge in [-0.1, -0.05) is 0 Å². The number of carbonyl (C=O) groups excluding carboxylic acids is 1. The Hall–Kier alpha value is -1.36. The summed E-state index contributed by atoms with van der Waals surface area (Å²) in [6.45, 7) is 3.73. The lowest BCUT2D eigenvalue weighted by molar-refractivity contribution is -0.120. The van der Waals surface area contributed by atoms with Gasteiger partial charge in [0.05, 0.1) is 12.2 Å². The van der Waals surface area contributed by atoms with Gasteiger partial charge in [-0.2, -0.15) is 5.10 Å². The molecule has 1 rings (SSSR count). The van der Waals surface area contributed by atoms with Crippen LogP contribution in [-0.2, 0) is 4.79 Å². The number of rotatable bonds is 3. The van der Waals surface area contributed by atoms with Crippen LogP contribution in [0.5, 0.6) is 0 Å². The maximum absolute atomic E-state index is 10.8. The summed E-state index contributed by atoms with van der Waals surface area (Å²) in [4.78, 5) is 10.8. The van der Waals surface area contributed by atoms with E-state index in [1.54, 1.807) is 10.9 Å². The number of primary amides is 1. The molecule has 0 spiro atoms. The minimum Gasteiger partial charge on any atom is -0.368 e. The van der Waals surface area contributed by atoms with E-state index in [0.29, 0.717) is 0 Å². The molecular formula is C8H14N4O. The molecule has 1 aromatic heterocycles. The van der Waals surface area contributed by atoms with E-state index < -0.39 is 11.9 Å². The summed E-state index contributed by atoms with van der Waals surface area (Å²) < 4.78 is 1.64. The van der Waals surface area contributed by atoms with Crippen molar-refractivity contribution >= 4 is 5.91 Å². The molecule has 1 aromatic rings. The van der Waals surface area contributed by atoms with Gasteiger partial charge in [-0.25, -0.2) is 0 Å². The Morgan fingerprint density at radius 2 is 2.31 bits per heavy atom. The van der Waals surface area contributed by atoms with Crippen LogP contribution < -0.4 is 11.5 Å². The summed E-state index contributed by atoms with van der Waals surface area (Å²) in [6.07, 6.45) is 3.54. The molecule has 5 heteroatoms. The molecule has 0 aliphatic rings. The second-order valence-electron chi connectivity index (χ2n) is 3.17. The van der Waals surface area contributed by atoms with E-state index in [1.165, 1.54) is 0 Å². The molecule has 0 fully saturated rings. The summed E-state index contributed by atoms with van der Waals surface area (Å²) in [5.74, 6) is -0.513. The molecule has 0 bridgehead atoms. The lowest BCUT2D eigenvalue weighted by atomic mass is 10.1. The van der Waals surface area contributed by atoms with Gasteiger partial charge in [0.1, 0.15) is 6.04 Å². The van der Waals surface area contributed by atoms with Crippen molar-refractivity contribution in [3.63, 3.8) is 0 Å². The number of nitrogens with two attached hydrogens (primary N) is 2. The van der Waals surface area contributed by atoms with Crippen molar-refractivity contribution in [1.82, 2.24) is 9.78 Å². The fourth-order valence-electron chi connectivity index (χ4n) is 1.06. The highest BCUT2D eigenvalue weighted by Crippen LogP contribution is 2.08. The van der Waals surface area contributed by atoms with Gasteiger partial charge in [0.15, 0.2) is 0 Å². The molecule has 2 atom stereocenters. The zero-order valence-electron chi connectivity index (χ0n) is 7.77. The Balaban J connectivity index is 2.78. The highest BCUT2D eigenvalue weighted by molar-refractivity contribution is 5.80. The van der Waals surface area contributed by atoms with Crippen LogP contribution in [0.15, 0.2) is 12.4 Å². The molecule has 0 aliphatic carbocycles. The second kappa shape index (κ2) is 3.57. The number of aromatic nitrogens is 2. The van der Waals surface area contributed by atoms with Crippen LogP contribution in [0.1, 0.15) is 18.5 Å². The number of carbonyl (C=O) groups is 1. The number of amides is 1. The van der Waals surface area contributed by atoms with Crippen LogP contribution in [0.2, 0.25) is 0 Å². The predicted octanol–water partition coefficient (Wildman–Crippen LogP) is -0.435. The van der Waals surface area contributed by atoms with E-state index in [4.69, 9.17) is 11.5 Å². The van der Waals surface area contributed by atoms with Crippen molar-refractivity contribution in [1.29, 1.82) is 0 Å². The topological polar surface area (TPSA) is 86.9 Å². The molecule has 13 heavy (non-hydrogen) atoms. The molecule has 0 saturated heterocycles. The van der Waals surface area contributed by atoms with Crippen LogP contribution in [0.3, 0.4) is 0 Å². The smallest absolute Gasteiger partial charge is 0.236 e. The first kappa shape index (κ1) is 9.73. The van der Waals surface area contributed by atoms with E-state index in [0.717, 1.165) is 5.56 Å². The normalized spacial score (nSPS) is 15.3. The molecule has 4 N–H and O–H groups in total. The van der Waals surface area contributed by atoms with E-state index in [-0.39, 0.29) is 6.04 Å². The van der Waals surface area contributed by atoms with Crippen molar-refractivity contribution in [3.8, 4) is 0 Å². The molecule has 2 unspecified atom stereocenters. The molecule has 1 amide bonds. The fourth-order valence-corrected chi connectivity index (χ4v) is 1.06. The van der Waals surface area contributed by atoms with Gasteiger partial charge in [-0.15, -0.1) is 0 Å². The highest BCUT2D eigenvalue weighted by Gasteiger charge is 2.19. The van der Waals surface area contributed by atoms with Crippen molar-refractivity contribution in [2.45, 2.75) is 25.9 Å². The van der Waals surface area contributed by atoms with Gasteiger partial charge in [0.25, 0.3) is 0 Å². The van der Waals surface area contributed by atoms with Crippen molar-refractivity contribution in [2.75, 3.05) is 0 Å². The van der Waals surface area contributed by atoms with E-state index in [1.807, 2.05) is 20.0 Å². The first-order valence-corrected chi connectivity index (χ1v) is 4.08. The zero-order chi connectivity index (χ0) is 10.0. The van der Waals surface area contributed by atoms with E-state index in [9.17, 15) is 4.79 Å². The summed E-state index contributed by atoms with van der Waals surface area (Å²) in [5.41, 5.74) is 11.7. The summed E-state index contributed by atoms with van der Waals surface area (Å²) in [7, 11) is 0. The SMILES string of the molecule is Cc1cnn(C(C)C(N)C(N)=O)c1. The van der Waals surface area contributed by atoms with Crippen LogP contribution in [0, 0.1) is 6.92 Å². The summed E-state index contributed by atoms with van der Waals surface area (Å²) >= 11 is 0. The maximum atomic E-state index is 10.8. The quantitative estimate of drug-likeness (QED) is 0.664. The minimum absolute atomic E-state index is 0.203. The van der Waals surface area contributed by atoms with Gasteiger partial charge in [-0.3, -0.25) is 9.48 Å². The Bertz CT molecular complexity index is 307. The standard InChI is InChI=1S/C8H14N4O/c1-5-3-11-12(4-5)6(2)7(9)8(10)13/h3-4,6-7H,9H2,1-2H3,(H2,10,13). The van der Waals surface area contributed by atoms with E-state index >= 15 is 0 Å². The Morgan fingerprint density at radius 1 is 1.69 bits per heavy atom. The molecule has 0 aliphatic heterocycles. The lowest BCUT2D eigenvalue weighted by Gasteiger charge is -2.16. The second-order valence-corrected chi connectivity index (χ2v) is 3.17. The number of aryl methyl sites for hydroxylation is 1. The lowest BCUT2D eigenvalue weighted by Crippen LogP contribution is -2.42. The van der Waals surface area contributed by atoms with Gasteiger partial charge in [0, 0.05) is 6.20 Å². The first-order valence-electron chi connectivity index (χ1n) is 4.08. The molecule has 0 aromatic carbocycles. The van der Waals surface area contributed by atoms with Gasteiger partial charge >= 0.3 is 0 Å². The third kappa shape index (κ3) is 2.06.